The number of guanidine groups is 1. The Morgan fingerprint density at radius 1 is 1.30 bits per heavy atom. The second kappa shape index (κ2) is 10.1. The second-order valence-electron chi connectivity index (χ2n) is 6.05. The fourth-order valence-corrected chi connectivity index (χ4v) is 2.95. The maximum Gasteiger partial charge on any atom is 0.225 e. The van der Waals surface area contributed by atoms with Gasteiger partial charge < -0.3 is 20.7 Å². The van der Waals surface area contributed by atoms with Crippen molar-refractivity contribution in [3.05, 3.63) is 53.7 Å². The van der Waals surface area contributed by atoms with Crippen molar-refractivity contribution in [3.8, 4) is 5.88 Å². The van der Waals surface area contributed by atoms with Gasteiger partial charge >= 0.3 is 0 Å². The lowest BCUT2D eigenvalue weighted by Gasteiger charge is -2.26. The zero-order valence-electron chi connectivity index (χ0n) is 15.4. The van der Waals surface area contributed by atoms with E-state index in [1.54, 1.807) is 20.4 Å². The van der Waals surface area contributed by atoms with Crippen LogP contribution in [0.4, 0.5) is 5.69 Å². The number of rotatable bonds is 5. The molecular formula is C19H24IN5O2. The van der Waals surface area contributed by atoms with Crippen LogP contribution in [0, 0.1) is 0 Å². The summed E-state index contributed by atoms with van der Waals surface area (Å²) in [6.07, 6.45) is 2.23. The Hall–Kier alpha value is -2.36. The molecule has 0 saturated heterocycles. The molecule has 0 spiro atoms. The molecule has 7 nitrogen and oxygen atoms in total. The third-order valence-electron chi connectivity index (χ3n) is 4.31. The number of amides is 1. The first-order valence-electron chi connectivity index (χ1n) is 8.52. The highest BCUT2D eigenvalue weighted by atomic mass is 127. The fraction of sp³-hybridized carbons (Fsp3) is 0.316. The number of nitrogens with one attached hydrogen (secondary N) is 3. The molecule has 1 aliphatic rings. The van der Waals surface area contributed by atoms with Crippen LogP contribution in [-0.4, -0.2) is 37.6 Å². The van der Waals surface area contributed by atoms with Gasteiger partial charge in [0.25, 0.3) is 0 Å². The van der Waals surface area contributed by atoms with Gasteiger partial charge in [-0.15, -0.1) is 24.0 Å². The Balaban J connectivity index is 0.00000261. The van der Waals surface area contributed by atoms with Crippen molar-refractivity contribution in [1.29, 1.82) is 0 Å². The smallest absolute Gasteiger partial charge is 0.225 e. The van der Waals surface area contributed by atoms with Crippen molar-refractivity contribution in [2.45, 2.75) is 18.9 Å². The largest absolute Gasteiger partial charge is 0.481 e. The first-order valence-corrected chi connectivity index (χ1v) is 8.52. The van der Waals surface area contributed by atoms with Gasteiger partial charge in [0.2, 0.25) is 11.8 Å². The summed E-state index contributed by atoms with van der Waals surface area (Å²) in [5, 5.41) is 9.48. The molecule has 1 aromatic heterocycles. The Kier molecular flexibility index (Phi) is 7.83. The van der Waals surface area contributed by atoms with Crippen LogP contribution in [-0.2, 0) is 11.3 Å². The standard InChI is InChI=1S/C19H23N5O2.HI/c1-20-19(22-11-13-7-8-18(26-2)21-10-13)23-12-14-9-17(25)24-16-6-4-3-5-15(14)16;/h3-8,10,14H,9,11-12H2,1-2H3,(H,24,25)(H2,20,22,23);1H. The van der Waals surface area contributed by atoms with Crippen molar-refractivity contribution in [3.63, 3.8) is 0 Å². The number of pyridine rings is 1. The number of nitrogens with zero attached hydrogens (tertiary/aromatic N) is 2. The van der Waals surface area contributed by atoms with Crippen LogP contribution in [0.5, 0.6) is 5.88 Å². The van der Waals surface area contributed by atoms with Gasteiger partial charge in [-0.3, -0.25) is 9.79 Å². The van der Waals surface area contributed by atoms with Crippen molar-refractivity contribution < 1.29 is 9.53 Å². The van der Waals surface area contributed by atoms with Gasteiger partial charge in [0, 0.05) is 50.4 Å². The summed E-state index contributed by atoms with van der Waals surface area (Å²) in [5.74, 6) is 1.43. The van der Waals surface area contributed by atoms with Crippen molar-refractivity contribution in [2.75, 3.05) is 26.0 Å². The third kappa shape index (κ3) is 5.56. The van der Waals surface area contributed by atoms with Gasteiger partial charge in [0.15, 0.2) is 5.96 Å². The monoisotopic (exact) mass is 481 g/mol. The SMILES string of the molecule is CN=C(NCc1ccc(OC)nc1)NCC1CC(=O)Nc2ccccc21.I. The average molecular weight is 481 g/mol. The van der Waals surface area contributed by atoms with Crippen LogP contribution in [0.1, 0.15) is 23.5 Å². The highest BCUT2D eigenvalue weighted by Gasteiger charge is 2.24. The summed E-state index contributed by atoms with van der Waals surface area (Å²) >= 11 is 0. The number of para-hydroxylation sites is 1. The molecule has 1 aliphatic heterocycles. The van der Waals surface area contributed by atoms with Crippen molar-refractivity contribution in [1.82, 2.24) is 15.6 Å². The molecule has 1 atom stereocenters. The molecule has 2 aromatic rings. The topological polar surface area (TPSA) is 87.6 Å². The molecular weight excluding hydrogens is 457 g/mol. The number of carbonyl (C=O) groups is 1. The van der Waals surface area contributed by atoms with E-state index in [9.17, 15) is 4.79 Å². The lowest BCUT2D eigenvalue weighted by atomic mass is 9.90. The van der Waals surface area contributed by atoms with Gasteiger partial charge in [-0.05, 0) is 17.2 Å². The minimum absolute atomic E-state index is 0. The number of anilines is 1. The maximum absolute atomic E-state index is 11.9. The highest BCUT2D eigenvalue weighted by molar-refractivity contribution is 14.0. The summed E-state index contributed by atoms with van der Waals surface area (Å²) in [4.78, 5) is 20.3. The zero-order chi connectivity index (χ0) is 18.4. The first kappa shape index (κ1) is 20.9. The minimum Gasteiger partial charge on any atom is -0.481 e. The number of benzene rings is 1. The molecule has 144 valence electrons. The van der Waals surface area contributed by atoms with Gasteiger partial charge in [0.05, 0.1) is 7.11 Å². The molecule has 0 radical (unpaired) electrons. The molecule has 8 heteroatoms. The van der Waals surface area contributed by atoms with Crippen LogP contribution in [0.25, 0.3) is 0 Å². The van der Waals surface area contributed by atoms with E-state index in [1.807, 2.05) is 30.3 Å². The van der Waals surface area contributed by atoms with Crippen LogP contribution in [0.2, 0.25) is 0 Å². The second-order valence-corrected chi connectivity index (χ2v) is 6.05. The van der Waals surface area contributed by atoms with E-state index in [1.165, 1.54) is 0 Å². The summed E-state index contributed by atoms with van der Waals surface area (Å²) in [6.45, 7) is 1.23. The molecule has 1 aromatic carbocycles. The number of ether oxygens (including phenoxy) is 1. The number of hydrogen-bond acceptors (Lipinski definition) is 4. The molecule has 1 amide bonds. The van der Waals surface area contributed by atoms with E-state index < -0.39 is 0 Å². The first-order chi connectivity index (χ1) is 12.7. The minimum atomic E-state index is 0. The Morgan fingerprint density at radius 3 is 2.81 bits per heavy atom. The molecule has 3 rings (SSSR count). The zero-order valence-corrected chi connectivity index (χ0v) is 17.7. The maximum atomic E-state index is 11.9. The van der Waals surface area contributed by atoms with E-state index >= 15 is 0 Å². The molecule has 3 N–H and O–H groups in total. The van der Waals surface area contributed by atoms with E-state index in [0.717, 1.165) is 16.8 Å². The molecule has 0 fully saturated rings. The number of halogens is 1. The molecule has 0 bridgehead atoms. The Labute approximate surface area is 176 Å². The average Bonchev–Trinajstić information content (AvgIpc) is 2.68. The predicted octanol–water partition coefficient (Wildman–Crippen LogP) is 2.50. The van der Waals surface area contributed by atoms with Gasteiger partial charge in [-0.2, -0.15) is 0 Å². The number of methoxy groups -OCH3 is 1. The summed E-state index contributed by atoms with van der Waals surface area (Å²) in [7, 11) is 3.32. The van der Waals surface area contributed by atoms with Crippen molar-refractivity contribution in [2.24, 2.45) is 4.99 Å². The lowest BCUT2D eigenvalue weighted by molar-refractivity contribution is -0.116. The van der Waals surface area contributed by atoms with Crippen LogP contribution >= 0.6 is 24.0 Å². The van der Waals surface area contributed by atoms with E-state index in [2.05, 4.69) is 32.0 Å². The Morgan fingerprint density at radius 2 is 2.11 bits per heavy atom. The number of aromatic nitrogens is 1. The molecule has 27 heavy (non-hydrogen) atoms. The van der Waals surface area contributed by atoms with E-state index in [-0.39, 0.29) is 35.8 Å². The highest BCUT2D eigenvalue weighted by Crippen LogP contribution is 2.31. The molecule has 0 saturated carbocycles. The number of hydrogen-bond donors (Lipinski definition) is 3. The normalized spacial score (nSPS) is 15.9. The van der Waals surface area contributed by atoms with Gasteiger partial charge in [0.1, 0.15) is 0 Å². The third-order valence-corrected chi connectivity index (χ3v) is 4.31. The summed E-state index contributed by atoms with van der Waals surface area (Å²) in [6, 6.07) is 11.7. The summed E-state index contributed by atoms with van der Waals surface area (Å²) < 4.78 is 5.06. The van der Waals surface area contributed by atoms with E-state index in [0.29, 0.717) is 31.3 Å². The number of aliphatic imine (C=N–C) groups is 1. The van der Waals surface area contributed by atoms with Crippen LogP contribution in [0.3, 0.4) is 0 Å². The fourth-order valence-electron chi connectivity index (χ4n) is 2.95. The molecule has 2 heterocycles. The quantitative estimate of drug-likeness (QED) is 0.347. The molecule has 0 aliphatic carbocycles. The van der Waals surface area contributed by atoms with Crippen molar-refractivity contribution >= 4 is 41.5 Å². The molecule has 1 unspecified atom stereocenters. The number of carbonyl (C=O) groups excluding carboxylic acids is 1. The van der Waals surface area contributed by atoms with Gasteiger partial charge in [-0.1, -0.05) is 24.3 Å². The van der Waals surface area contributed by atoms with Crippen LogP contribution in [0.15, 0.2) is 47.6 Å². The Bertz CT molecular complexity index is 795. The summed E-state index contributed by atoms with van der Waals surface area (Å²) in [5.41, 5.74) is 3.06. The van der Waals surface area contributed by atoms with Crippen LogP contribution < -0.4 is 20.7 Å². The predicted molar refractivity (Wildman–Crippen MR) is 117 cm³/mol. The van der Waals surface area contributed by atoms with E-state index in [4.69, 9.17) is 4.74 Å². The van der Waals surface area contributed by atoms with Gasteiger partial charge in [-0.25, -0.2) is 4.98 Å². The number of fused-ring (bicyclic) bond motifs is 1. The lowest BCUT2D eigenvalue weighted by Crippen LogP contribution is -2.40.